The highest BCUT2D eigenvalue weighted by Crippen LogP contribution is 2.33. The zero-order chi connectivity index (χ0) is 17.8. The Balaban J connectivity index is 1.94. The Morgan fingerprint density at radius 1 is 1.12 bits per heavy atom. The summed E-state index contributed by atoms with van der Waals surface area (Å²) in [5, 5.41) is 9.29. The van der Waals surface area contributed by atoms with E-state index in [4.69, 9.17) is 0 Å². The third-order valence-corrected chi connectivity index (χ3v) is 5.37. The number of aryl methyl sites for hydroxylation is 1. The number of amidine groups is 1. The van der Waals surface area contributed by atoms with E-state index in [2.05, 4.69) is 10.2 Å². The number of hydrogen-bond acceptors (Lipinski definition) is 4. The summed E-state index contributed by atoms with van der Waals surface area (Å²) in [4.78, 5) is 14.4. The lowest BCUT2D eigenvalue weighted by Gasteiger charge is -2.16. The van der Waals surface area contributed by atoms with Crippen LogP contribution in [-0.4, -0.2) is 22.0 Å². The van der Waals surface area contributed by atoms with Crippen molar-refractivity contribution in [1.29, 1.82) is 0 Å². The van der Waals surface area contributed by atoms with Gasteiger partial charge < -0.3 is 0 Å². The Morgan fingerprint density at radius 2 is 1.80 bits per heavy atom. The molecule has 0 radical (unpaired) electrons. The van der Waals surface area contributed by atoms with Gasteiger partial charge in [0.1, 0.15) is 0 Å². The summed E-state index contributed by atoms with van der Waals surface area (Å²) in [6.45, 7) is 5.97. The third-order valence-electron chi connectivity index (χ3n) is 4.07. The molecule has 0 aromatic heterocycles. The van der Waals surface area contributed by atoms with Crippen LogP contribution in [0.4, 0.5) is 5.69 Å². The van der Waals surface area contributed by atoms with Crippen LogP contribution in [0.1, 0.15) is 31.4 Å². The Hall–Kier alpha value is -2.40. The van der Waals surface area contributed by atoms with E-state index in [1.807, 2.05) is 75.4 Å². The van der Waals surface area contributed by atoms with Crippen molar-refractivity contribution in [2.45, 2.75) is 32.4 Å². The summed E-state index contributed by atoms with van der Waals surface area (Å²) in [5.41, 5.74) is 3.84. The first-order valence-electron chi connectivity index (χ1n) is 8.35. The molecule has 1 atom stereocenters. The van der Waals surface area contributed by atoms with Crippen LogP contribution in [0.3, 0.4) is 0 Å². The highest BCUT2D eigenvalue weighted by atomic mass is 32.2. The number of rotatable bonds is 4. The normalized spacial score (nSPS) is 19.7. The summed E-state index contributed by atoms with van der Waals surface area (Å²) in [6, 6.07) is 17.8. The van der Waals surface area contributed by atoms with E-state index in [1.165, 1.54) is 11.8 Å². The van der Waals surface area contributed by atoms with Crippen molar-refractivity contribution in [2.75, 3.05) is 4.90 Å². The number of amides is 1. The lowest BCUT2D eigenvalue weighted by atomic mass is 10.1. The molecule has 0 unspecified atom stereocenters. The van der Waals surface area contributed by atoms with Crippen LogP contribution in [0.5, 0.6) is 0 Å². The van der Waals surface area contributed by atoms with Crippen molar-refractivity contribution in [2.24, 2.45) is 10.2 Å². The number of nitrogens with zero attached hydrogens (tertiary/aromatic N) is 3. The lowest BCUT2D eigenvalue weighted by Crippen LogP contribution is -2.31. The van der Waals surface area contributed by atoms with E-state index < -0.39 is 0 Å². The van der Waals surface area contributed by atoms with Crippen molar-refractivity contribution in [1.82, 2.24) is 0 Å². The molecule has 1 fully saturated rings. The molecule has 4 nitrogen and oxygen atoms in total. The van der Waals surface area contributed by atoms with Gasteiger partial charge in [-0.15, -0.1) is 5.10 Å². The number of carbonyl (C=O) groups is 1. The highest BCUT2D eigenvalue weighted by Gasteiger charge is 2.38. The van der Waals surface area contributed by atoms with Gasteiger partial charge >= 0.3 is 0 Å². The van der Waals surface area contributed by atoms with Crippen molar-refractivity contribution < 1.29 is 4.79 Å². The van der Waals surface area contributed by atoms with Gasteiger partial charge in [-0.1, -0.05) is 66.7 Å². The second kappa shape index (κ2) is 7.66. The summed E-state index contributed by atoms with van der Waals surface area (Å²) >= 11 is 1.48. The largest absolute Gasteiger partial charge is 0.273 e. The first-order valence-corrected chi connectivity index (χ1v) is 9.23. The minimum Gasteiger partial charge on any atom is -0.273 e. The van der Waals surface area contributed by atoms with Crippen molar-refractivity contribution in [3.05, 3.63) is 65.7 Å². The summed E-state index contributed by atoms with van der Waals surface area (Å²) in [5.74, 6) is 0.0719. The SMILES string of the molecule is CC[C@H]1S/C(=N\N=C(\C)c2ccccc2)N(c2ccc(C)cc2)C1=O. The summed E-state index contributed by atoms with van der Waals surface area (Å²) in [7, 11) is 0. The summed E-state index contributed by atoms with van der Waals surface area (Å²) < 4.78 is 0. The molecule has 0 aliphatic carbocycles. The van der Waals surface area contributed by atoms with Crippen LogP contribution in [-0.2, 0) is 4.79 Å². The molecule has 0 N–H and O–H groups in total. The molecule has 25 heavy (non-hydrogen) atoms. The van der Waals surface area contributed by atoms with Crippen LogP contribution in [0.2, 0.25) is 0 Å². The third kappa shape index (κ3) is 3.82. The molecule has 0 saturated carbocycles. The first-order chi connectivity index (χ1) is 12.1. The maximum Gasteiger partial charge on any atom is 0.246 e. The van der Waals surface area contributed by atoms with E-state index in [-0.39, 0.29) is 11.2 Å². The average Bonchev–Trinajstić information content (AvgIpc) is 2.97. The quantitative estimate of drug-likeness (QED) is 0.595. The molecule has 0 spiro atoms. The van der Waals surface area contributed by atoms with Crippen LogP contribution in [0.15, 0.2) is 64.8 Å². The zero-order valence-electron chi connectivity index (χ0n) is 14.6. The monoisotopic (exact) mass is 351 g/mol. The van der Waals surface area contributed by atoms with E-state index in [0.717, 1.165) is 28.9 Å². The molecule has 128 valence electrons. The van der Waals surface area contributed by atoms with Crippen LogP contribution in [0, 0.1) is 6.92 Å². The number of anilines is 1. The molecule has 2 aromatic rings. The topological polar surface area (TPSA) is 45.0 Å². The van der Waals surface area contributed by atoms with Crippen LogP contribution < -0.4 is 4.90 Å². The first kappa shape index (κ1) is 17.4. The smallest absolute Gasteiger partial charge is 0.246 e. The lowest BCUT2D eigenvalue weighted by molar-refractivity contribution is -0.116. The van der Waals surface area contributed by atoms with Gasteiger partial charge in [0.05, 0.1) is 16.6 Å². The van der Waals surface area contributed by atoms with Crippen LogP contribution in [0.25, 0.3) is 0 Å². The number of hydrogen-bond donors (Lipinski definition) is 0. The minimum atomic E-state index is -0.104. The van der Waals surface area contributed by atoms with Crippen LogP contribution >= 0.6 is 11.8 Å². The molecule has 1 aliphatic heterocycles. The molecular weight excluding hydrogens is 330 g/mol. The number of carbonyl (C=O) groups excluding carboxylic acids is 1. The Kier molecular flexibility index (Phi) is 5.34. The highest BCUT2D eigenvalue weighted by molar-refractivity contribution is 8.16. The summed E-state index contributed by atoms with van der Waals surface area (Å²) in [6.07, 6.45) is 0.770. The molecule has 2 aromatic carbocycles. The van der Waals surface area contributed by atoms with Crippen molar-refractivity contribution in [3.63, 3.8) is 0 Å². The number of benzene rings is 2. The molecule has 1 heterocycles. The van der Waals surface area contributed by atoms with Crippen molar-refractivity contribution in [3.8, 4) is 0 Å². The van der Waals surface area contributed by atoms with Gasteiger partial charge in [0.25, 0.3) is 0 Å². The fourth-order valence-electron chi connectivity index (χ4n) is 2.58. The Labute approximate surface area is 152 Å². The van der Waals surface area contributed by atoms with E-state index in [0.29, 0.717) is 5.17 Å². The van der Waals surface area contributed by atoms with Gasteiger partial charge in [-0.2, -0.15) is 5.10 Å². The van der Waals surface area contributed by atoms with Crippen molar-refractivity contribution >= 4 is 34.2 Å². The maximum absolute atomic E-state index is 12.7. The van der Waals surface area contributed by atoms with Gasteiger partial charge in [0.15, 0.2) is 5.17 Å². The Bertz CT molecular complexity index is 813. The fourth-order valence-corrected chi connectivity index (χ4v) is 3.60. The van der Waals surface area contributed by atoms with E-state index >= 15 is 0 Å². The molecule has 3 rings (SSSR count). The maximum atomic E-state index is 12.7. The average molecular weight is 351 g/mol. The van der Waals surface area contributed by atoms with E-state index in [1.54, 1.807) is 4.90 Å². The second-order valence-electron chi connectivity index (χ2n) is 5.96. The molecule has 1 aliphatic rings. The predicted molar refractivity (Wildman–Crippen MR) is 106 cm³/mol. The Morgan fingerprint density at radius 3 is 2.44 bits per heavy atom. The second-order valence-corrected chi connectivity index (χ2v) is 7.13. The standard InChI is InChI=1S/C20H21N3OS/c1-4-18-19(24)23(17-12-10-14(2)11-13-17)20(25-18)22-21-15(3)16-8-6-5-7-9-16/h5-13,18H,4H2,1-3H3/b21-15-,22-20-/t18-/m1/s1. The van der Waals surface area contributed by atoms with Gasteiger partial charge in [-0.05, 0) is 38.0 Å². The molecule has 5 heteroatoms. The number of thioether (sulfide) groups is 1. The van der Waals surface area contributed by atoms with Gasteiger partial charge in [0, 0.05) is 0 Å². The molecule has 1 saturated heterocycles. The van der Waals surface area contributed by atoms with Gasteiger partial charge in [-0.3, -0.25) is 9.69 Å². The minimum absolute atomic E-state index is 0.0719. The molecule has 1 amide bonds. The zero-order valence-corrected chi connectivity index (χ0v) is 15.5. The van der Waals surface area contributed by atoms with Gasteiger partial charge in [-0.25, -0.2) is 0 Å². The van der Waals surface area contributed by atoms with Gasteiger partial charge in [0.2, 0.25) is 5.91 Å². The molecular formula is C20H21N3OS. The molecule has 0 bridgehead atoms. The predicted octanol–water partition coefficient (Wildman–Crippen LogP) is 4.63. The fraction of sp³-hybridized carbons (Fsp3) is 0.250. The van der Waals surface area contributed by atoms with E-state index in [9.17, 15) is 4.79 Å².